The first kappa shape index (κ1) is 18.7. The molecule has 1 amide bonds. The molecule has 2 atom stereocenters. The van der Waals surface area contributed by atoms with Crippen LogP contribution in [0.1, 0.15) is 46.2 Å². The molecule has 1 aromatic rings. The molecule has 0 aliphatic rings. The molecular formula is C18H31N3O. The van der Waals surface area contributed by atoms with E-state index in [-0.39, 0.29) is 17.9 Å². The summed E-state index contributed by atoms with van der Waals surface area (Å²) in [7, 11) is 0. The second-order valence-corrected chi connectivity index (χ2v) is 6.44. The molecule has 0 aliphatic heterocycles. The Balaban J connectivity index is 2.48. The predicted octanol–water partition coefficient (Wildman–Crippen LogP) is 2.56. The zero-order valence-electron chi connectivity index (χ0n) is 14.5. The monoisotopic (exact) mass is 305 g/mol. The molecule has 0 bridgehead atoms. The van der Waals surface area contributed by atoms with Gasteiger partial charge in [-0.2, -0.15) is 0 Å². The van der Waals surface area contributed by atoms with Crippen molar-refractivity contribution in [2.24, 2.45) is 11.7 Å². The molecule has 22 heavy (non-hydrogen) atoms. The van der Waals surface area contributed by atoms with Crippen molar-refractivity contribution in [1.82, 2.24) is 10.2 Å². The fraction of sp³-hybridized carbons (Fsp3) is 0.611. The Labute approximate surface area is 135 Å². The molecule has 0 saturated carbocycles. The minimum atomic E-state index is -0.271. The summed E-state index contributed by atoms with van der Waals surface area (Å²) in [5.74, 6) is -0.224. The molecule has 4 heteroatoms. The SMILES string of the molecule is CC(C(=O)NCCN(C(C)C)C(C)C)C(N)c1ccccc1. The highest BCUT2D eigenvalue weighted by Gasteiger charge is 2.22. The number of carbonyl (C=O) groups excluding carboxylic acids is 1. The van der Waals surface area contributed by atoms with Crippen molar-refractivity contribution in [3.05, 3.63) is 35.9 Å². The van der Waals surface area contributed by atoms with E-state index in [9.17, 15) is 4.79 Å². The lowest BCUT2D eigenvalue weighted by atomic mass is 9.95. The van der Waals surface area contributed by atoms with Crippen molar-refractivity contribution < 1.29 is 4.79 Å². The van der Waals surface area contributed by atoms with Crippen LogP contribution in [0.4, 0.5) is 0 Å². The number of carbonyl (C=O) groups is 1. The number of hydrogen-bond acceptors (Lipinski definition) is 3. The van der Waals surface area contributed by atoms with Gasteiger partial charge in [0.05, 0.1) is 5.92 Å². The van der Waals surface area contributed by atoms with Crippen LogP contribution in [-0.2, 0) is 4.79 Å². The van der Waals surface area contributed by atoms with Crippen molar-refractivity contribution in [1.29, 1.82) is 0 Å². The van der Waals surface area contributed by atoms with E-state index < -0.39 is 0 Å². The zero-order chi connectivity index (χ0) is 16.7. The molecule has 0 heterocycles. The average Bonchev–Trinajstić information content (AvgIpc) is 2.49. The lowest BCUT2D eigenvalue weighted by Gasteiger charge is -2.30. The number of rotatable bonds is 8. The van der Waals surface area contributed by atoms with E-state index in [4.69, 9.17) is 5.73 Å². The van der Waals surface area contributed by atoms with Crippen molar-refractivity contribution in [2.45, 2.75) is 52.7 Å². The van der Waals surface area contributed by atoms with Gasteiger partial charge in [-0.15, -0.1) is 0 Å². The third kappa shape index (κ3) is 5.43. The van der Waals surface area contributed by atoms with Crippen LogP contribution in [-0.4, -0.2) is 36.0 Å². The highest BCUT2D eigenvalue weighted by Crippen LogP contribution is 2.18. The predicted molar refractivity (Wildman–Crippen MR) is 92.5 cm³/mol. The lowest BCUT2D eigenvalue weighted by molar-refractivity contribution is -0.125. The third-order valence-corrected chi connectivity index (χ3v) is 4.13. The number of benzene rings is 1. The maximum atomic E-state index is 12.3. The summed E-state index contributed by atoms with van der Waals surface area (Å²) >= 11 is 0. The van der Waals surface area contributed by atoms with Crippen LogP contribution in [0.15, 0.2) is 30.3 Å². The number of amides is 1. The Morgan fingerprint density at radius 3 is 2.14 bits per heavy atom. The Kier molecular flexibility index (Phi) is 7.56. The molecule has 124 valence electrons. The van der Waals surface area contributed by atoms with Crippen LogP contribution in [0.3, 0.4) is 0 Å². The summed E-state index contributed by atoms with van der Waals surface area (Å²) in [6.45, 7) is 12.1. The van der Waals surface area contributed by atoms with Gasteiger partial charge < -0.3 is 11.1 Å². The zero-order valence-corrected chi connectivity index (χ0v) is 14.5. The Bertz CT molecular complexity index is 437. The third-order valence-electron chi connectivity index (χ3n) is 4.13. The molecule has 1 aromatic carbocycles. The Hall–Kier alpha value is -1.39. The van der Waals surface area contributed by atoms with E-state index in [1.165, 1.54) is 0 Å². The lowest BCUT2D eigenvalue weighted by Crippen LogP contribution is -2.44. The molecule has 1 rings (SSSR count). The van der Waals surface area contributed by atoms with Gasteiger partial charge in [-0.05, 0) is 33.3 Å². The fourth-order valence-electron chi connectivity index (χ4n) is 2.71. The van der Waals surface area contributed by atoms with Gasteiger partial charge in [-0.1, -0.05) is 37.3 Å². The van der Waals surface area contributed by atoms with E-state index in [2.05, 4.69) is 37.9 Å². The molecule has 0 radical (unpaired) electrons. The molecule has 0 spiro atoms. The van der Waals surface area contributed by atoms with Gasteiger partial charge in [0.15, 0.2) is 0 Å². The standard InChI is InChI=1S/C18H31N3O/c1-13(2)21(14(3)4)12-11-20-18(22)15(5)17(19)16-9-7-6-8-10-16/h6-10,13-15,17H,11-12,19H2,1-5H3,(H,20,22). The summed E-state index contributed by atoms with van der Waals surface area (Å²) in [5.41, 5.74) is 7.19. The maximum Gasteiger partial charge on any atom is 0.224 e. The van der Waals surface area contributed by atoms with Gasteiger partial charge in [-0.3, -0.25) is 9.69 Å². The largest absolute Gasteiger partial charge is 0.355 e. The van der Waals surface area contributed by atoms with Crippen molar-refractivity contribution in [2.75, 3.05) is 13.1 Å². The summed E-state index contributed by atoms with van der Waals surface area (Å²) in [4.78, 5) is 14.6. The second kappa shape index (κ2) is 8.91. The second-order valence-electron chi connectivity index (χ2n) is 6.44. The summed E-state index contributed by atoms with van der Waals surface area (Å²) in [6, 6.07) is 10.5. The first-order valence-electron chi connectivity index (χ1n) is 8.18. The van der Waals surface area contributed by atoms with Crippen molar-refractivity contribution in [3.63, 3.8) is 0 Å². The number of nitrogens with two attached hydrogens (primary N) is 1. The Morgan fingerprint density at radius 1 is 1.09 bits per heavy atom. The molecule has 0 aliphatic carbocycles. The molecule has 0 saturated heterocycles. The summed E-state index contributed by atoms with van der Waals surface area (Å²) < 4.78 is 0. The number of nitrogens with zero attached hydrogens (tertiary/aromatic N) is 1. The van der Waals surface area contributed by atoms with Gasteiger partial charge in [0, 0.05) is 31.2 Å². The highest BCUT2D eigenvalue weighted by molar-refractivity contribution is 5.79. The number of hydrogen-bond donors (Lipinski definition) is 2. The number of nitrogens with one attached hydrogen (secondary N) is 1. The topological polar surface area (TPSA) is 58.4 Å². The van der Waals surface area contributed by atoms with Gasteiger partial charge in [0.25, 0.3) is 0 Å². The summed E-state index contributed by atoms with van der Waals surface area (Å²) in [6.07, 6.45) is 0. The van der Waals surface area contributed by atoms with Crippen LogP contribution in [0.5, 0.6) is 0 Å². The molecule has 2 unspecified atom stereocenters. The Morgan fingerprint density at radius 2 is 1.64 bits per heavy atom. The van der Waals surface area contributed by atoms with Gasteiger partial charge in [0.1, 0.15) is 0 Å². The first-order chi connectivity index (χ1) is 10.3. The van der Waals surface area contributed by atoms with Crippen LogP contribution < -0.4 is 11.1 Å². The quantitative estimate of drug-likeness (QED) is 0.776. The highest BCUT2D eigenvalue weighted by atomic mass is 16.1. The molecule has 0 fully saturated rings. The first-order valence-corrected chi connectivity index (χ1v) is 8.18. The molecule has 4 nitrogen and oxygen atoms in total. The normalized spacial score (nSPS) is 14.4. The van der Waals surface area contributed by atoms with E-state index in [0.29, 0.717) is 18.6 Å². The minimum absolute atomic E-state index is 0.0174. The molecule has 0 aromatic heterocycles. The van der Waals surface area contributed by atoms with Crippen molar-refractivity contribution >= 4 is 5.91 Å². The fourth-order valence-corrected chi connectivity index (χ4v) is 2.71. The maximum absolute atomic E-state index is 12.3. The van der Waals surface area contributed by atoms with Gasteiger partial charge >= 0.3 is 0 Å². The van der Waals surface area contributed by atoms with Crippen molar-refractivity contribution in [3.8, 4) is 0 Å². The minimum Gasteiger partial charge on any atom is -0.355 e. The van der Waals surface area contributed by atoms with Crippen LogP contribution >= 0.6 is 0 Å². The van der Waals surface area contributed by atoms with E-state index in [1.807, 2.05) is 37.3 Å². The molecule has 3 N–H and O–H groups in total. The van der Waals surface area contributed by atoms with E-state index >= 15 is 0 Å². The van der Waals surface area contributed by atoms with Crippen LogP contribution in [0.2, 0.25) is 0 Å². The van der Waals surface area contributed by atoms with E-state index in [0.717, 1.165) is 12.1 Å². The summed E-state index contributed by atoms with van der Waals surface area (Å²) in [5, 5.41) is 3.01. The van der Waals surface area contributed by atoms with Crippen LogP contribution in [0, 0.1) is 5.92 Å². The molecular weight excluding hydrogens is 274 g/mol. The average molecular weight is 305 g/mol. The smallest absolute Gasteiger partial charge is 0.224 e. The van der Waals surface area contributed by atoms with Gasteiger partial charge in [-0.25, -0.2) is 0 Å². The van der Waals surface area contributed by atoms with Crippen LogP contribution in [0.25, 0.3) is 0 Å². The van der Waals surface area contributed by atoms with Gasteiger partial charge in [0.2, 0.25) is 5.91 Å². The van der Waals surface area contributed by atoms with E-state index in [1.54, 1.807) is 0 Å².